The van der Waals surface area contributed by atoms with Crippen LogP contribution in [0.4, 0.5) is 4.39 Å². The van der Waals surface area contributed by atoms with Crippen molar-refractivity contribution in [3.63, 3.8) is 0 Å². The van der Waals surface area contributed by atoms with Crippen molar-refractivity contribution in [2.24, 2.45) is 0 Å². The summed E-state index contributed by atoms with van der Waals surface area (Å²) in [5.74, 6) is 0.420. The molecule has 16 heavy (non-hydrogen) atoms. The first-order valence-electron chi connectivity index (χ1n) is 4.88. The van der Waals surface area contributed by atoms with Gasteiger partial charge in [0.2, 0.25) is 0 Å². The molecule has 0 aliphatic rings. The van der Waals surface area contributed by atoms with E-state index < -0.39 is 0 Å². The van der Waals surface area contributed by atoms with E-state index in [1.807, 2.05) is 7.05 Å². The Morgan fingerprint density at radius 3 is 2.88 bits per heavy atom. The Morgan fingerprint density at radius 2 is 2.19 bits per heavy atom. The molecule has 0 aliphatic heterocycles. The second-order valence-corrected chi connectivity index (χ2v) is 3.88. The van der Waals surface area contributed by atoms with Crippen molar-refractivity contribution in [3.8, 4) is 11.1 Å². The fourth-order valence-corrected chi connectivity index (χ4v) is 1.83. The van der Waals surface area contributed by atoms with Crippen LogP contribution in [0.5, 0.6) is 0 Å². The van der Waals surface area contributed by atoms with Gasteiger partial charge < -0.3 is 9.73 Å². The summed E-state index contributed by atoms with van der Waals surface area (Å²) in [7, 11) is 1.82. The van der Waals surface area contributed by atoms with Crippen molar-refractivity contribution in [2.75, 3.05) is 7.05 Å². The van der Waals surface area contributed by atoms with E-state index in [4.69, 9.17) is 16.0 Å². The van der Waals surface area contributed by atoms with Crippen LogP contribution < -0.4 is 5.32 Å². The van der Waals surface area contributed by atoms with Crippen LogP contribution in [0.1, 0.15) is 5.76 Å². The minimum absolute atomic E-state index is 0.348. The van der Waals surface area contributed by atoms with Crippen LogP contribution >= 0.6 is 11.6 Å². The molecule has 0 saturated heterocycles. The quantitative estimate of drug-likeness (QED) is 0.888. The third-order valence-corrected chi connectivity index (χ3v) is 2.47. The average Bonchev–Trinajstić information content (AvgIpc) is 2.65. The van der Waals surface area contributed by atoms with Gasteiger partial charge in [0.05, 0.1) is 12.8 Å². The first-order valence-corrected chi connectivity index (χ1v) is 5.26. The van der Waals surface area contributed by atoms with E-state index in [0.29, 0.717) is 11.6 Å². The van der Waals surface area contributed by atoms with Crippen molar-refractivity contribution in [3.05, 3.63) is 47.1 Å². The molecular weight excluding hydrogens is 229 g/mol. The van der Waals surface area contributed by atoms with Gasteiger partial charge >= 0.3 is 0 Å². The number of benzene rings is 1. The predicted molar refractivity (Wildman–Crippen MR) is 61.9 cm³/mol. The summed E-state index contributed by atoms with van der Waals surface area (Å²) < 4.78 is 18.5. The summed E-state index contributed by atoms with van der Waals surface area (Å²) in [4.78, 5) is 0. The molecule has 2 nitrogen and oxygen atoms in total. The Hall–Kier alpha value is -1.32. The zero-order valence-corrected chi connectivity index (χ0v) is 9.51. The fourth-order valence-electron chi connectivity index (χ4n) is 1.60. The van der Waals surface area contributed by atoms with Gasteiger partial charge in [-0.05, 0) is 36.9 Å². The Balaban J connectivity index is 2.45. The van der Waals surface area contributed by atoms with E-state index in [1.165, 1.54) is 12.1 Å². The molecule has 2 rings (SSSR count). The number of rotatable bonds is 3. The van der Waals surface area contributed by atoms with E-state index in [-0.39, 0.29) is 5.82 Å². The third kappa shape index (κ3) is 2.26. The van der Waals surface area contributed by atoms with Gasteiger partial charge in [0.25, 0.3) is 0 Å². The molecule has 0 spiro atoms. The van der Waals surface area contributed by atoms with Gasteiger partial charge in [-0.2, -0.15) is 0 Å². The highest BCUT2D eigenvalue weighted by molar-refractivity contribution is 6.30. The van der Waals surface area contributed by atoms with Crippen LogP contribution in [0.25, 0.3) is 11.1 Å². The predicted octanol–water partition coefficient (Wildman–Crippen LogP) is 3.46. The molecule has 0 aliphatic carbocycles. The first-order chi connectivity index (χ1) is 7.70. The SMILES string of the molecule is CNCc1occc1-c1cc(F)cc(Cl)c1. The van der Waals surface area contributed by atoms with Crippen LogP contribution in [0.15, 0.2) is 34.9 Å². The summed E-state index contributed by atoms with van der Waals surface area (Å²) in [6.07, 6.45) is 1.58. The van der Waals surface area contributed by atoms with E-state index in [1.54, 1.807) is 18.4 Å². The maximum absolute atomic E-state index is 13.2. The largest absolute Gasteiger partial charge is 0.467 e. The molecule has 84 valence electrons. The van der Waals surface area contributed by atoms with Crippen LogP contribution in [0, 0.1) is 5.82 Å². The van der Waals surface area contributed by atoms with Crippen molar-refractivity contribution in [2.45, 2.75) is 6.54 Å². The smallest absolute Gasteiger partial charge is 0.125 e. The standard InChI is InChI=1S/C12H11ClFNO/c1-15-7-12-11(2-3-16-12)8-4-9(13)6-10(14)5-8/h2-6,15H,7H2,1H3. The zero-order chi connectivity index (χ0) is 11.5. The molecule has 0 saturated carbocycles. The number of furan rings is 1. The lowest BCUT2D eigenvalue weighted by Crippen LogP contribution is -2.04. The maximum atomic E-state index is 13.2. The van der Waals surface area contributed by atoms with Gasteiger partial charge in [-0.25, -0.2) is 4.39 Å². The highest BCUT2D eigenvalue weighted by Gasteiger charge is 2.09. The summed E-state index contributed by atoms with van der Waals surface area (Å²) in [6, 6.07) is 6.24. The van der Waals surface area contributed by atoms with E-state index >= 15 is 0 Å². The lowest BCUT2D eigenvalue weighted by Gasteiger charge is -2.03. The zero-order valence-electron chi connectivity index (χ0n) is 8.76. The molecule has 0 bridgehead atoms. The van der Waals surface area contributed by atoms with Gasteiger partial charge in [0.1, 0.15) is 11.6 Å². The highest BCUT2D eigenvalue weighted by Crippen LogP contribution is 2.28. The number of nitrogens with one attached hydrogen (secondary N) is 1. The van der Waals surface area contributed by atoms with Gasteiger partial charge in [0, 0.05) is 10.6 Å². The number of halogens is 2. The second kappa shape index (κ2) is 4.68. The van der Waals surface area contributed by atoms with Crippen LogP contribution in [-0.2, 0) is 6.54 Å². The molecule has 1 heterocycles. The van der Waals surface area contributed by atoms with Gasteiger partial charge in [-0.15, -0.1) is 0 Å². The Morgan fingerprint density at radius 1 is 1.38 bits per heavy atom. The van der Waals surface area contributed by atoms with Crippen molar-refractivity contribution >= 4 is 11.6 Å². The number of hydrogen-bond acceptors (Lipinski definition) is 2. The minimum atomic E-state index is -0.348. The van der Waals surface area contributed by atoms with Crippen molar-refractivity contribution in [1.29, 1.82) is 0 Å². The molecule has 0 atom stereocenters. The van der Waals surface area contributed by atoms with E-state index in [9.17, 15) is 4.39 Å². The lowest BCUT2D eigenvalue weighted by molar-refractivity contribution is 0.496. The molecule has 2 aromatic rings. The Bertz CT molecular complexity index is 475. The molecule has 0 radical (unpaired) electrons. The van der Waals surface area contributed by atoms with Crippen molar-refractivity contribution in [1.82, 2.24) is 5.32 Å². The molecule has 0 unspecified atom stereocenters. The molecule has 0 fully saturated rings. The molecule has 1 N–H and O–H groups in total. The van der Waals surface area contributed by atoms with Gasteiger partial charge in [-0.3, -0.25) is 0 Å². The molecule has 0 amide bonds. The Labute approximate surface area is 98.0 Å². The fraction of sp³-hybridized carbons (Fsp3) is 0.167. The normalized spacial score (nSPS) is 10.7. The average molecular weight is 240 g/mol. The number of hydrogen-bond donors (Lipinski definition) is 1. The summed E-state index contributed by atoms with van der Waals surface area (Å²) in [5, 5.41) is 3.37. The lowest BCUT2D eigenvalue weighted by atomic mass is 10.1. The summed E-state index contributed by atoms with van der Waals surface area (Å²) >= 11 is 5.81. The third-order valence-electron chi connectivity index (χ3n) is 2.26. The van der Waals surface area contributed by atoms with E-state index in [0.717, 1.165) is 16.9 Å². The van der Waals surface area contributed by atoms with Crippen molar-refractivity contribution < 1.29 is 8.81 Å². The summed E-state index contributed by atoms with van der Waals surface area (Å²) in [5.41, 5.74) is 1.58. The highest BCUT2D eigenvalue weighted by atomic mass is 35.5. The van der Waals surface area contributed by atoms with Crippen LogP contribution in [-0.4, -0.2) is 7.05 Å². The van der Waals surface area contributed by atoms with E-state index in [2.05, 4.69) is 5.32 Å². The van der Waals surface area contributed by atoms with Crippen LogP contribution in [0.2, 0.25) is 5.02 Å². The molecular formula is C12H11ClFNO. The van der Waals surface area contributed by atoms with Crippen LogP contribution in [0.3, 0.4) is 0 Å². The van der Waals surface area contributed by atoms with Gasteiger partial charge in [0.15, 0.2) is 0 Å². The summed E-state index contributed by atoms with van der Waals surface area (Å²) in [6.45, 7) is 0.594. The topological polar surface area (TPSA) is 25.2 Å². The molecule has 1 aromatic heterocycles. The monoisotopic (exact) mass is 239 g/mol. The van der Waals surface area contributed by atoms with Gasteiger partial charge in [-0.1, -0.05) is 11.6 Å². The Kier molecular flexibility index (Phi) is 3.27. The molecule has 1 aromatic carbocycles. The maximum Gasteiger partial charge on any atom is 0.125 e. The molecule has 4 heteroatoms. The second-order valence-electron chi connectivity index (χ2n) is 3.45. The minimum Gasteiger partial charge on any atom is -0.467 e. The first kappa shape index (κ1) is 11.2.